The molecular formula is C14H15BrN4O. The molecule has 0 aliphatic carbocycles. The van der Waals surface area contributed by atoms with Gasteiger partial charge in [0.1, 0.15) is 6.04 Å². The molecule has 2 N–H and O–H groups in total. The smallest absolute Gasteiger partial charge is 0.246 e. The van der Waals surface area contributed by atoms with Gasteiger partial charge in [0.25, 0.3) is 0 Å². The van der Waals surface area contributed by atoms with Gasteiger partial charge in [-0.05, 0) is 47.1 Å². The Labute approximate surface area is 125 Å². The van der Waals surface area contributed by atoms with Crippen LogP contribution in [0.3, 0.4) is 0 Å². The highest BCUT2D eigenvalue weighted by Crippen LogP contribution is 2.36. The van der Waals surface area contributed by atoms with E-state index in [1.54, 1.807) is 10.9 Å². The molecule has 1 aliphatic rings. The maximum Gasteiger partial charge on any atom is 0.246 e. The second kappa shape index (κ2) is 5.03. The zero-order valence-corrected chi connectivity index (χ0v) is 12.9. The maximum absolute atomic E-state index is 12.0. The molecule has 2 aromatic rings. The van der Waals surface area contributed by atoms with Crippen molar-refractivity contribution in [2.24, 2.45) is 0 Å². The summed E-state index contributed by atoms with van der Waals surface area (Å²) < 4.78 is 2.71. The number of anilines is 1. The number of carbonyl (C=O) groups excluding carboxylic acids is 1. The Morgan fingerprint density at radius 1 is 1.50 bits per heavy atom. The largest absolute Gasteiger partial charge is 0.324 e. The van der Waals surface area contributed by atoms with Crippen LogP contribution in [-0.4, -0.2) is 22.2 Å². The number of likely N-dealkylation sites (N-methyl/N-ethyl adjacent to an activating group) is 1. The minimum absolute atomic E-state index is 0.0115. The molecule has 1 atom stereocenters. The molecule has 0 radical (unpaired) electrons. The van der Waals surface area contributed by atoms with E-state index in [9.17, 15) is 4.79 Å². The second-order valence-corrected chi connectivity index (χ2v) is 5.69. The normalized spacial score (nSPS) is 17.1. The lowest BCUT2D eigenvalue weighted by Gasteiger charge is -2.11. The molecule has 1 aromatic carbocycles. The van der Waals surface area contributed by atoms with Gasteiger partial charge in [0.05, 0.1) is 11.9 Å². The number of aryl methyl sites for hydroxylation is 1. The van der Waals surface area contributed by atoms with Crippen LogP contribution in [-0.2, 0) is 4.79 Å². The molecule has 0 bridgehead atoms. The van der Waals surface area contributed by atoms with Gasteiger partial charge in [-0.25, -0.2) is 4.68 Å². The molecule has 0 saturated carbocycles. The van der Waals surface area contributed by atoms with Crippen molar-refractivity contribution in [2.45, 2.75) is 19.9 Å². The van der Waals surface area contributed by atoms with E-state index in [2.05, 4.69) is 31.7 Å². The molecule has 2 heterocycles. The summed E-state index contributed by atoms with van der Waals surface area (Å²) in [4.78, 5) is 12.0. The Hall–Kier alpha value is -1.66. The van der Waals surface area contributed by atoms with Gasteiger partial charge in [-0.3, -0.25) is 4.79 Å². The first kappa shape index (κ1) is 13.3. The SMILES string of the molecule is CCNC1C(=O)Nc2cc(-n3cc(C)cn3)c(Br)cc21. The summed E-state index contributed by atoms with van der Waals surface area (Å²) >= 11 is 3.57. The van der Waals surface area contributed by atoms with E-state index in [0.717, 1.165) is 33.5 Å². The third-order valence-corrected chi connectivity index (χ3v) is 3.95. The molecule has 1 aromatic heterocycles. The first-order valence-electron chi connectivity index (χ1n) is 6.49. The molecular weight excluding hydrogens is 320 g/mol. The van der Waals surface area contributed by atoms with Crippen molar-refractivity contribution < 1.29 is 4.79 Å². The van der Waals surface area contributed by atoms with Crippen molar-refractivity contribution in [1.29, 1.82) is 0 Å². The van der Waals surface area contributed by atoms with E-state index in [0.29, 0.717) is 0 Å². The molecule has 1 unspecified atom stereocenters. The van der Waals surface area contributed by atoms with Crippen LogP contribution in [0.2, 0.25) is 0 Å². The summed E-state index contributed by atoms with van der Waals surface area (Å²) in [5.74, 6) is -0.0115. The Morgan fingerprint density at radius 2 is 2.30 bits per heavy atom. The fourth-order valence-corrected chi connectivity index (χ4v) is 2.94. The van der Waals surface area contributed by atoms with Gasteiger partial charge in [-0.1, -0.05) is 6.92 Å². The molecule has 20 heavy (non-hydrogen) atoms. The fourth-order valence-electron chi connectivity index (χ4n) is 2.40. The second-order valence-electron chi connectivity index (χ2n) is 4.83. The lowest BCUT2D eigenvalue weighted by Crippen LogP contribution is -2.27. The van der Waals surface area contributed by atoms with Crippen LogP contribution in [0.25, 0.3) is 5.69 Å². The van der Waals surface area contributed by atoms with E-state index in [1.165, 1.54) is 0 Å². The fraction of sp³-hybridized carbons (Fsp3) is 0.286. The standard InChI is InChI=1S/C14H15BrN4O/c1-3-16-13-9-4-10(15)12(5-11(9)18-14(13)20)19-7-8(2)6-17-19/h4-7,13,16H,3H2,1-2H3,(H,18,20). The molecule has 0 spiro atoms. The summed E-state index contributed by atoms with van der Waals surface area (Å²) in [5.41, 5.74) is 3.81. The Bertz CT molecular complexity index is 680. The molecule has 0 saturated heterocycles. The number of amides is 1. The highest BCUT2D eigenvalue weighted by molar-refractivity contribution is 9.10. The third kappa shape index (κ3) is 2.14. The highest BCUT2D eigenvalue weighted by atomic mass is 79.9. The number of hydrogen-bond donors (Lipinski definition) is 2. The lowest BCUT2D eigenvalue weighted by atomic mass is 10.1. The van der Waals surface area contributed by atoms with Gasteiger partial charge in [-0.2, -0.15) is 5.10 Å². The number of hydrogen-bond acceptors (Lipinski definition) is 3. The molecule has 1 aliphatic heterocycles. The maximum atomic E-state index is 12.0. The van der Waals surface area contributed by atoms with E-state index in [4.69, 9.17) is 0 Å². The van der Waals surface area contributed by atoms with Crippen LogP contribution in [0.1, 0.15) is 24.1 Å². The molecule has 5 nitrogen and oxygen atoms in total. The number of benzene rings is 1. The minimum atomic E-state index is -0.278. The van der Waals surface area contributed by atoms with Crippen molar-refractivity contribution in [3.8, 4) is 5.69 Å². The summed E-state index contributed by atoms with van der Waals surface area (Å²) in [6.07, 6.45) is 3.75. The summed E-state index contributed by atoms with van der Waals surface area (Å²) in [6.45, 7) is 4.73. The average molecular weight is 335 g/mol. The van der Waals surface area contributed by atoms with Gasteiger partial charge < -0.3 is 10.6 Å². The van der Waals surface area contributed by atoms with Crippen molar-refractivity contribution in [3.63, 3.8) is 0 Å². The average Bonchev–Trinajstić information content (AvgIpc) is 2.95. The van der Waals surface area contributed by atoms with Gasteiger partial charge in [0, 0.05) is 21.9 Å². The van der Waals surface area contributed by atoms with E-state index < -0.39 is 0 Å². The predicted molar refractivity (Wildman–Crippen MR) is 81.0 cm³/mol. The number of nitrogens with one attached hydrogen (secondary N) is 2. The van der Waals surface area contributed by atoms with Crippen molar-refractivity contribution in [2.75, 3.05) is 11.9 Å². The summed E-state index contributed by atoms with van der Waals surface area (Å²) in [7, 11) is 0. The monoisotopic (exact) mass is 334 g/mol. The van der Waals surface area contributed by atoms with Crippen LogP contribution in [0.4, 0.5) is 5.69 Å². The summed E-state index contributed by atoms with van der Waals surface area (Å²) in [6, 6.07) is 3.65. The van der Waals surface area contributed by atoms with Gasteiger partial charge in [0.2, 0.25) is 5.91 Å². The Kier molecular flexibility index (Phi) is 3.35. The van der Waals surface area contributed by atoms with Crippen LogP contribution in [0.5, 0.6) is 0 Å². The first-order valence-corrected chi connectivity index (χ1v) is 7.28. The number of halogens is 1. The zero-order chi connectivity index (χ0) is 14.3. The number of carbonyl (C=O) groups is 1. The highest BCUT2D eigenvalue weighted by Gasteiger charge is 2.30. The molecule has 3 rings (SSSR count). The van der Waals surface area contributed by atoms with Crippen LogP contribution < -0.4 is 10.6 Å². The van der Waals surface area contributed by atoms with Crippen molar-refractivity contribution in [3.05, 3.63) is 40.1 Å². The van der Waals surface area contributed by atoms with E-state index >= 15 is 0 Å². The lowest BCUT2D eigenvalue weighted by molar-refractivity contribution is -0.117. The van der Waals surface area contributed by atoms with Crippen molar-refractivity contribution in [1.82, 2.24) is 15.1 Å². The minimum Gasteiger partial charge on any atom is -0.324 e. The Balaban J connectivity index is 2.06. The molecule has 0 fully saturated rings. The van der Waals surface area contributed by atoms with Gasteiger partial charge in [0.15, 0.2) is 0 Å². The van der Waals surface area contributed by atoms with Gasteiger partial charge >= 0.3 is 0 Å². The summed E-state index contributed by atoms with van der Waals surface area (Å²) in [5, 5.41) is 10.4. The number of aromatic nitrogens is 2. The quantitative estimate of drug-likeness (QED) is 0.906. The topological polar surface area (TPSA) is 59.0 Å². The van der Waals surface area contributed by atoms with E-state index in [-0.39, 0.29) is 11.9 Å². The predicted octanol–water partition coefficient (Wildman–Crippen LogP) is 2.55. The van der Waals surface area contributed by atoms with Crippen LogP contribution in [0, 0.1) is 6.92 Å². The Morgan fingerprint density at radius 3 is 2.95 bits per heavy atom. The van der Waals surface area contributed by atoms with Crippen molar-refractivity contribution >= 4 is 27.5 Å². The molecule has 104 valence electrons. The number of fused-ring (bicyclic) bond motifs is 1. The number of nitrogens with zero attached hydrogens (tertiary/aromatic N) is 2. The van der Waals surface area contributed by atoms with Crippen LogP contribution in [0.15, 0.2) is 29.0 Å². The first-order chi connectivity index (χ1) is 9.60. The zero-order valence-electron chi connectivity index (χ0n) is 11.3. The van der Waals surface area contributed by atoms with Gasteiger partial charge in [-0.15, -0.1) is 0 Å². The van der Waals surface area contributed by atoms with E-state index in [1.807, 2.05) is 32.2 Å². The molecule has 1 amide bonds. The third-order valence-electron chi connectivity index (χ3n) is 3.32. The molecule has 6 heteroatoms. The number of rotatable bonds is 3. The van der Waals surface area contributed by atoms with Crippen LogP contribution >= 0.6 is 15.9 Å².